The lowest BCUT2D eigenvalue weighted by atomic mass is 10.1. The number of hydrogen-bond donors (Lipinski definition) is 3. The van der Waals surface area contributed by atoms with E-state index < -0.39 is 11.9 Å². The quantitative estimate of drug-likeness (QED) is 0.0756. The van der Waals surface area contributed by atoms with Gasteiger partial charge in [0.25, 0.3) is 0 Å². The number of esters is 1. The smallest absolute Gasteiger partial charge is 0.309 e. The van der Waals surface area contributed by atoms with Gasteiger partial charge in [-0.2, -0.15) is 0 Å². The van der Waals surface area contributed by atoms with Crippen molar-refractivity contribution >= 4 is 17.9 Å². The van der Waals surface area contributed by atoms with E-state index in [-0.39, 0.29) is 42.0 Å². The molecule has 3 fully saturated rings. The molecule has 6 rings (SSSR count). The first-order valence-electron chi connectivity index (χ1n) is 21.4. The average Bonchev–Trinajstić information content (AvgIpc) is 4.01. The van der Waals surface area contributed by atoms with Crippen LogP contribution in [0.3, 0.4) is 0 Å². The maximum Gasteiger partial charge on any atom is 0.309 e. The summed E-state index contributed by atoms with van der Waals surface area (Å²) in [5, 5.41) is 26.2. The molecule has 0 heterocycles. The third-order valence-corrected chi connectivity index (χ3v) is 11.3. The van der Waals surface area contributed by atoms with E-state index in [4.69, 9.17) is 29.5 Å². The van der Waals surface area contributed by atoms with E-state index in [1.165, 1.54) is 16.7 Å². The van der Waals surface area contributed by atoms with Crippen LogP contribution in [0.25, 0.3) is 0 Å². The molecular weight excluding hydrogens is 721 g/mol. The maximum atomic E-state index is 12.3. The number of unbranched alkanes of at least 4 members (excludes halogenated alkanes) is 3. The van der Waals surface area contributed by atoms with Crippen molar-refractivity contribution in [2.75, 3.05) is 19.8 Å². The Kier molecular flexibility index (Phi) is 21.5. The van der Waals surface area contributed by atoms with Gasteiger partial charge in [-0.25, -0.2) is 0 Å². The van der Waals surface area contributed by atoms with Crippen LogP contribution in [0.4, 0.5) is 0 Å². The number of rotatable bonds is 20. The monoisotopic (exact) mass is 786 g/mol. The molecule has 3 aliphatic carbocycles. The molecule has 0 radical (unpaired) electrons. The molecule has 3 N–H and O–H groups in total. The van der Waals surface area contributed by atoms with Crippen molar-refractivity contribution < 1.29 is 43.9 Å². The molecule has 6 atom stereocenters. The van der Waals surface area contributed by atoms with Crippen LogP contribution in [0.5, 0.6) is 0 Å². The maximum absolute atomic E-state index is 12.3. The highest BCUT2D eigenvalue weighted by atomic mass is 16.5. The fourth-order valence-electron chi connectivity index (χ4n) is 7.82. The van der Waals surface area contributed by atoms with Gasteiger partial charge < -0.3 is 29.5 Å². The number of aliphatic carboxylic acids is 2. The standard InChI is InChI=1S/C26H34O3.C16H22O3.C6H10O3/c27-26(29-20-10-8-16-23-13-5-2-6-14-23)24-17-18-25(21-24)28-19-9-7-15-22-11-3-1-4-12-22;17-16(18)14-9-10-15(12-14)19-11-5-4-8-13-6-2-1-3-7-13;7-5-2-1-4(3-5)6(8)9/h1-6,11-14,24-25H,7-10,15-21H2;1-3,6-7,14-15H,4-5,8-12H2,(H,17,18);4-5,7H,1-3H2,(H,8,9)/t24-,25-;14-,15-;4-,5-/m000/s1. The zero-order valence-electron chi connectivity index (χ0n) is 33.8. The van der Waals surface area contributed by atoms with Gasteiger partial charge in [0.2, 0.25) is 0 Å². The van der Waals surface area contributed by atoms with Crippen molar-refractivity contribution in [2.24, 2.45) is 17.8 Å². The zero-order chi connectivity index (χ0) is 40.5. The first kappa shape index (κ1) is 45.6. The molecule has 0 aliphatic heterocycles. The van der Waals surface area contributed by atoms with Gasteiger partial charge in [-0.3, -0.25) is 14.4 Å². The number of aliphatic hydroxyl groups excluding tert-OH is 1. The Morgan fingerprint density at radius 2 is 0.860 bits per heavy atom. The summed E-state index contributed by atoms with van der Waals surface area (Å²) in [6.07, 6.45) is 16.4. The Bertz CT molecular complexity index is 1530. The fourth-order valence-corrected chi connectivity index (χ4v) is 7.82. The molecule has 3 aromatic carbocycles. The second-order valence-electron chi connectivity index (χ2n) is 15.8. The van der Waals surface area contributed by atoms with Crippen molar-refractivity contribution in [1.82, 2.24) is 0 Å². The van der Waals surface area contributed by atoms with E-state index in [1.807, 2.05) is 12.1 Å². The molecule has 0 unspecified atom stereocenters. The number of aliphatic hydroxyl groups is 1. The summed E-state index contributed by atoms with van der Waals surface area (Å²) >= 11 is 0. The number of carbonyl (C=O) groups is 3. The predicted octanol–water partition coefficient (Wildman–Crippen LogP) is 9.27. The first-order chi connectivity index (χ1) is 27.8. The normalized spacial score (nSPS) is 22.5. The highest BCUT2D eigenvalue weighted by Gasteiger charge is 2.32. The van der Waals surface area contributed by atoms with Crippen LogP contribution in [0.15, 0.2) is 91.0 Å². The minimum atomic E-state index is -0.772. The van der Waals surface area contributed by atoms with Crippen LogP contribution in [-0.4, -0.2) is 71.4 Å². The molecule has 0 aromatic heterocycles. The molecule has 0 amide bonds. The van der Waals surface area contributed by atoms with E-state index in [0.717, 1.165) is 103 Å². The number of hydrogen-bond acceptors (Lipinski definition) is 7. The molecule has 3 aromatic rings. The van der Waals surface area contributed by atoms with Crippen molar-refractivity contribution in [3.05, 3.63) is 108 Å². The average molecular weight is 787 g/mol. The van der Waals surface area contributed by atoms with Gasteiger partial charge in [0.15, 0.2) is 0 Å². The van der Waals surface area contributed by atoms with E-state index in [0.29, 0.717) is 32.3 Å². The number of aryl methyl sites for hydroxylation is 3. The van der Waals surface area contributed by atoms with Gasteiger partial charge in [0.05, 0.1) is 42.7 Å². The third-order valence-electron chi connectivity index (χ3n) is 11.3. The van der Waals surface area contributed by atoms with E-state index in [2.05, 4.69) is 78.9 Å². The lowest BCUT2D eigenvalue weighted by molar-refractivity contribution is -0.149. The molecule has 0 spiro atoms. The Balaban J connectivity index is 0.000000219. The fraction of sp³-hybridized carbons (Fsp3) is 0.562. The number of carboxylic acids is 2. The molecular formula is C48H66O9. The van der Waals surface area contributed by atoms with E-state index >= 15 is 0 Å². The first-order valence-corrected chi connectivity index (χ1v) is 21.4. The lowest BCUT2D eigenvalue weighted by Gasteiger charge is -2.13. The second-order valence-corrected chi connectivity index (χ2v) is 15.8. The van der Waals surface area contributed by atoms with Crippen molar-refractivity contribution in [3.63, 3.8) is 0 Å². The zero-order valence-corrected chi connectivity index (χ0v) is 33.8. The van der Waals surface area contributed by atoms with Gasteiger partial charge in [0.1, 0.15) is 0 Å². The summed E-state index contributed by atoms with van der Waals surface area (Å²) < 4.78 is 17.3. The summed E-state index contributed by atoms with van der Waals surface area (Å²) in [7, 11) is 0. The summed E-state index contributed by atoms with van der Waals surface area (Å²) in [5.41, 5.74) is 4.10. The Morgan fingerprint density at radius 1 is 0.474 bits per heavy atom. The molecule has 9 nitrogen and oxygen atoms in total. The number of ether oxygens (including phenoxy) is 3. The minimum absolute atomic E-state index is 0.0263. The van der Waals surface area contributed by atoms with Crippen molar-refractivity contribution in [3.8, 4) is 0 Å². The Labute approximate surface area is 340 Å². The molecule has 0 bridgehead atoms. The summed E-state index contributed by atoms with van der Waals surface area (Å²) in [5.74, 6) is -1.92. The molecule has 0 saturated heterocycles. The molecule has 57 heavy (non-hydrogen) atoms. The summed E-state index contributed by atoms with van der Waals surface area (Å²) in [6, 6.07) is 31.5. The number of carboxylic acid groups (broad SMARTS) is 2. The topological polar surface area (TPSA) is 140 Å². The van der Waals surface area contributed by atoms with Crippen molar-refractivity contribution in [2.45, 2.75) is 134 Å². The largest absolute Gasteiger partial charge is 0.481 e. The van der Waals surface area contributed by atoms with Crippen LogP contribution in [0.1, 0.15) is 113 Å². The van der Waals surface area contributed by atoms with Crippen LogP contribution in [0, 0.1) is 17.8 Å². The van der Waals surface area contributed by atoms with E-state index in [9.17, 15) is 14.4 Å². The lowest BCUT2D eigenvalue weighted by Crippen LogP contribution is -2.18. The van der Waals surface area contributed by atoms with Crippen LogP contribution in [-0.2, 0) is 47.9 Å². The highest BCUT2D eigenvalue weighted by molar-refractivity contribution is 5.73. The predicted molar refractivity (Wildman–Crippen MR) is 222 cm³/mol. The van der Waals surface area contributed by atoms with Gasteiger partial charge in [-0.05, 0) is 132 Å². The van der Waals surface area contributed by atoms with Gasteiger partial charge in [-0.1, -0.05) is 91.0 Å². The number of carbonyl (C=O) groups excluding carboxylic acids is 1. The van der Waals surface area contributed by atoms with Gasteiger partial charge in [-0.15, -0.1) is 0 Å². The minimum Gasteiger partial charge on any atom is -0.481 e. The van der Waals surface area contributed by atoms with E-state index in [1.54, 1.807) is 0 Å². The molecule has 312 valence electrons. The highest BCUT2D eigenvalue weighted by Crippen LogP contribution is 2.30. The van der Waals surface area contributed by atoms with Crippen LogP contribution < -0.4 is 0 Å². The summed E-state index contributed by atoms with van der Waals surface area (Å²) in [6.45, 7) is 2.08. The second kappa shape index (κ2) is 26.8. The van der Waals surface area contributed by atoms with Gasteiger partial charge >= 0.3 is 17.9 Å². The van der Waals surface area contributed by atoms with Gasteiger partial charge in [0, 0.05) is 13.2 Å². The van der Waals surface area contributed by atoms with Crippen LogP contribution >= 0.6 is 0 Å². The van der Waals surface area contributed by atoms with Crippen molar-refractivity contribution in [1.29, 1.82) is 0 Å². The van der Waals surface area contributed by atoms with Crippen LogP contribution in [0.2, 0.25) is 0 Å². The SMILES string of the molecule is O=C(O)[C@H]1CC[C@H](O)C1.O=C(O)[C@H]1CC[C@H](OCCCCc2ccccc2)C1.O=C(OCCCCc1ccccc1)[C@H]1CC[C@H](OCCCCc2ccccc2)C1. The molecule has 3 aliphatic rings. The molecule has 3 saturated carbocycles. The number of benzene rings is 3. The Hall–Kier alpha value is -4.05. The summed E-state index contributed by atoms with van der Waals surface area (Å²) in [4.78, 5) is 33.3. The third kappa shape index (κ3) is 18.8. The Morgan fingerprint density at radius 3 is 1.25 bits per heavy atom. The molecule has 9 heteroatoms.